The summed E-state index contributed by atoms with van der Waals surface area (Å²) in [6.07, 6.45) is 1.86. The predicted molar refractivity (Wildman–Crippen MR) is 90.2 cm³/mol. The third-order valence-electron chi connectivity index (χ3n) is 4.68. The van der Waals surface area contributed by atoms with E-state index in [9.17, 15) is 9.90 Å². The molecule has 0 radical (unpaired) electrons. The van der Waals surface area contributed by atoms with E-state index in [-0.39, 0.29) is 41.9 Å². The highest BCUT2D eigenvalue weighted by Gasteiger charge is 2.37. The molecule has 132 valence electrons. The number of benzene rings is 1. The van der Waals surface area contributed by atoms with E-state index in [1.165, 1.54) is 6.07 Å². The van der Waals surface area contributed by atoms with E-state index < -0.39 is 0 Å². The molecule has 2 aliphatic rings. The van der Waals surface area contributed by atoms with Gasteiger partial charge >= 0.3 is 0 Å². The second kappa shape index (κ2) is 7.70. The van der Waals surface area contributed by atoms with Crippen molar-refractivity contribution >= 4 is 17.5 Å². The number of aromatic hydroxyl groups is 1. The summed E-state index contributed by atoms with van der Waals surface area (Å²) >= 11 is 5.87. The molecule has 2 heterocycles. The minimum absolute atomic E-state index is 0.0194. The highest BCUT2D eigenvalue weighted by atomic mass is 35.5. The fourth-order valence-corrected chi connectivity index (χ4v) is 3.69. The van der Waals surface area contributed by atoms with Crippen molar-refractivity contribution in [2.75, 3.05) is 26.3 Å². The fourth-order valence-electron chi connectivity index (χ4n) is 3.49. The summed E-state index contributed by atoms with van der Waals surface area (Å²) in [6, 6.07) is 5.27. The van der Waals surface area contributed by atoms with Crippen molar-refractivity contribution in [1.29, 1.82) is 0 Å². The number of phenols is 1. The molecule has 0 aliphatic carbocycles. The standard InChI is InChI=1S/C17H23ClN2O4/c18-15-5-11(1-2-16(15)22)6-17(23)19-12-7-13-10-24-14(3-4-21)9-20(13)8-12/h1-2,5,12-14,21-22H,3-4,6-10H2,(H,19,23)/t12-,13+,14+/m1/s1. The van der Waals surface area contributed by atoms with Crippen LogP contribution < -0.4 is 5.32 Å². The average molecular weight is 355 g/mol. The predicted octanol–water partition coefficient (Wildman–Crippen LogP) is 0.928. The number of nitrogens with zero attached hydrogens (tertiary/aromatic N) is 1. The minimum atomic E-state index is -0.0468. The highest BCUT2D eigenvalue weighted by molar-refractivity contribution is 6.32. The van der Waals surface area contributed by atoms with Crippen LogP contribution in [0, 0.1) is 0 Å². The topological polar surface area (TPSA) is 82.0 Å². The van der Waals surface area contributed by atoms with Crippen LogP contribution in [0.4, 0.5) is 0 Å². The third-order valence-corrected chi connectivity index (χ3v) is 4.99. The van der Waals surface area contributed by atoms with E-state index in [2.05, 4.69) is 10.2 Å². The Kier molecular flexibility index (Phi) is 5.61. The maximum atomic E-state index is 12.2. The highest BCUT2D eigenvalue weighted by Crippen LogP contribution is 2.25. The lowest BCUT2D eigenvalue weighted by atomic mass is 10.1. The summed E-state index contributed by atoms with van der Waals surface area (Å²) in [5, 5.41) is 21.8. The number of amides is 1. The number of morpholine rings is 1. The molecular formula is C17H23ClN2O4. The summed E-state index contributed by atoms with van der Waals surface area (Å²) in [4.78, 5) is 14.6. The zero-order chi connectivity index (χ0) is 17.1. The van der Waals surface area contributed by atoms with Crippen LogP contribution in [0.3, 0.4) is 0 Å². The molecule has 2 fully saturated rings. The number of phenolic OH excluding ortho intramolecular Hbond substituents is 1. The van der Waals surface area contributed by atoms with E-state index in [0.29, 0.717) is 19.1 Å². The Morgan fingerprint density at radius 3 is 3.00 bits per heavy atom. The maximum Gasteiger partial charge on any atom is 0.224 e. The molecule has 1 aromatic carbocycles. The SMILES string of the molecule is O=C(Cc1ccc(O)c(Cl)c1)N[C@@H]1C[C@H]2CO[C@@H](CCO)CN2C1. The minimum Gasteiger partial charge on any atom is -0.506 e. The number of aliphatic hydroxyl groups excluding tert-OH is 1. The van der Waals surface area contributed by atoms with Crippen LogP contribution >= 0.6 is 11.6 Å². The molecule has 3 atom stereocenters. The molecule has 3 rings (SSSR count). The Labute approximate surface area is 146 Å². The molecule has 0 aromatic heterocycles. The summed E-state index contributed by atoms with van der Waals surface area (Å²) < 4.78 is 5.75. The average Bonchev–Trinajstić information content (AvgIpc) is 2.92. The quantitative estimate of drug-likeness (QED) is 0.732. The van der Waals surface area contributed by atoms with Gasteiger partial charge in [0.2, 0.25) is 5.91 Å². The first-order valence-electron chi connectivity index (χ1n) is 8.28. The first-order valence-corrected chi connectivity index (χ1v) is 8.66. The van der Waals surface area contributed by atoms with Crippen LogP contribution in [0.5, 0.6) is 5.75 Å². The summed E-state index contributed by atoms with van der Waals surface area (Å²) in [6.45, 7) is 2.42. The van der Waals surface area contributed by atoms with Gasteiger partial charge < -0.3 is 20.3 Å². The van der Waals surface area contributed by atoms with E-state index in [0.717, 1.165) is 25.1 Å². The first-order chi connectivity index (χ1) is 11.5. The molecular weight excluding hydrogens is 332 g/mol. The monoisotopic (exact) mass is 354 g/mol. The lowest BCUT2D eigenvalue weighted by Gasteiger charge is -2.34. The summed E-state index contributed by atoms with van der Waals surface area (Å²) in [5.41, 5.74) is 0.775. The second-order valence-corrected chi connectivity index (χ2v) is 6.95. The van der Waals surface area contributed by atoms with Gasteiger partial charge in [0.15, 0.2) is 0 Å². The van der Waals surface area contributed by atoms with Gasteiger partial charge in [-0.25, -0.2) is 0 Å². The van der Waals surface area contributed by atoms with Gasteiger partial charge in [-0.15, -0.1) is 0 Å². The van der Waals surface area contributed by atoms with E-state index in [1.54, 1.807) is 12.1 Å². The van der Waals surface area contributed by atoms with Gasteiger partial charge in [0.1, 0.15) is 5.75 Å². The largest absolute Gasteiger partial charge is 0.506 e. The number of hydrogen-bond acceptors (Lipinski definition) is 5. The Balaban J connectivity index is 1.50. The van der Waals surface area contributed by atoms with Gasteiger partial charge in [0, 0.05) is 31.8 Å². The molecule has 0 unspecified atom stereocenters. The molecule has 0 saturated carbocycles. The molecule has 24 heavy (non-hydrogen) atoms. The molecule has 2 saturated heterocycles. The Hall–Kier alpha value is -1.34. The third kappa shape index (κ3) is 4.19. The number of hydrogen-bond donors (Lipinski definition) is 3. The van der Waals surface area contributed by atoms with Crippen molar-refractivity contribution in [3.05, 3.63) is 28.8 Å². The number of carbonyl (C=O) groups is 1. The normalized spacial score (nSPS) is 27.0. The molecule has 1 aromatic rings. The number of nitrogens with one attached hydrogen (secondary N) is 1. The van der Waals surface area contributed by atoms with Gasteiger partial charge in [0.05, 0.1) is 24.2 Å². The van der Waals surface area contributed by atoms with Crippen molar-refractivity contribution < 1.29 is 19.7 Å². The second-order valence-electron chi connectivity index (χ2n) is 6.54. The van der Waals surface area contributed by atoms with Crippen LogP contribution in [-0.2, 0) is 16.0 Å². The number of rotatable bonds is 5. The van der Waals surface area contributed by atoms with Crippen LogP contribution in [-0.4, -0.2) is 65.5 Å². The molecule has 2 aliphatic heterocycles. The number of aliphatic hydroxyl groups is 1. The van der Waals surface area contributed by atoms with Gasteiger partial charge in [-0.2, -0.15) is 0 Å². The Morgan fingerprint density at radius 1 is 1.42 bits per heavy atom. The zero-order valence-corrected chi connectivity index (χ0v) is 14.2. The van der Waals surface area contributed by atoms with Crippen molar-refractivity contribution in [2.24, 2.45) is 0 Å². The van der Waals surface area contributed by atoms with Gasteiger partial charge in [-0.3, -0.25) is 9.69 Å². The fraction of sp³-hybridized carbons (Fsp3) is 0.588. The van der Waals surface area contributed by atoms with Gasteiger partial charge in [-0.1, -0.05) is 17.7 Å². The first kappa shape index (κ1) is 17.5. The van der Waals surface area contributed by atoms with Crippen molar-refractivity contribution in [1.82, 2.24) is 10.2 Å². The number of fused-ring (bicyclic) bond motifs is 1. The molecule has 0 spiro atoms. The van der Waals surface area contributed by atoms with Crippen LogP contribution in [0.15, 0.2) is 18.2 Å². The van der Waals surface area contributed by atoms with Crippen LogP contribution in [0.2, 0.25) is 5.02 Å². The van der Waals surface area contributed by atoms with Crippen LogP contribution in [0.25, 0.3) is 0 Å². The number of ether oxygens (including phenoxy) is 1. The summed E-state index contributed by atoms with van der Waals surface area (Å²) in [7, 11) is 0. The van der Waals surface area contributed by atoms with Crippen molar-refractivity contribution in [2.45, 2.75) is 37.5 Å². The maximum absolute atomic E-state index is 12.2. The number of halogens is 1. The van der Waals surface area contributed by atoms with Crippen molar-refractivity contribution in [3.8, 4) is 5.75 Å². The molecule has 7 heteroatoms. The van der Waals surface area contributed by atoms with Crippen LogP contribution in [0.1, 0.15) is 18.4 Å². The van der Waals surface area contributed by atoms with E-state index >= 15 is 0 Å². The Bertz CT molecular complexity index is 598. The van der Waals surface area contributed by atoms with Crippen molar-refractivity contribution in [3.63, 3.8) is 0 Å². The molecule has 1 amide bonds. The van der Waals surface area contributed by atoms with E-state index in [1.807, 2.05) is 0 Å². The molecule has 3 N–H and O–H groups in total. The van der Waals surface area contributed by atoms with Gasteiger partial charge in [0.25, 0.3) is 0 Å². The molecule has 0 bridgehead atoms. The van der Waals surface area contributed by atoms with E-state index in [4.69, 9.17) is 21.4 Å². The van der Waals surface area contributed by atoms with Gasteiger partial charge in [-0.05, 0) is 30.5 Å². The lowest BCUT2D eigenvalue weighted by molar-refractivity contribution is -0.121. The smallest absolute Gasteiger partial charge is 0.224 e. The lowest BCUT2D eigenvalue weighted by Crippen LogP contribution is -2.46. The zero-order valence-electron chi connectivity index (χ0n) is 13.4. The summed E-state index contributed by atoms with van der Waals surface area (Å²) in [5.74, 6) is -0.0274. The Morgan fingerprint density at radius 2 is 2.25 bits per heavy atom. The molecule has 6 nitrogen and oxygen atoms in total. The number of carbonyl (C=O) groups excluding carboxylic acids is 1.